The van der Waals surface area contributed by atoms with Crippen LogP contribution in [0, 0.1) is 11.2 Å². The van der Waals surface area contributed by atoms with Crippen molar-refractivity contribution in [2.75, 3.05) is 13.2 Å². The van der Waals surface area contributed by atoms with Gasteiger partial charge in [-0.15, -0.1) is 0 Å². The summed E-state index contributed by atoms with van der Waals surface area (Å²) >= 11 is 0. The molecule has 2 rings (SSSR count). The average Bonchev–Trinajstić information content (AvgIpc) is 2.53. The fraction of sp³-hybridized carbons (Fsp3) is 0.588. The van der Waals surface area contributed by atoms with Gasteiger partial charge in [0.25, 0.3) is 0 Å². The third kappa shape index (κ3) is 4.53. The molecule has 0 aliphatic heterocycles. The monoisotopic (exact) mass is 293 g/mol. The van der Waals surface area contributed by atoms with Crippen molar-refractivity contribution in [3.8, 4) is 0 Å². The van der Waals surface area contributed by atoms with Crippen molar-refractivity contribution in [2.45, 2.75) is 44.9 Å². The Labute approximate surface area is 125 Å². The zero-order chi connectivity index (χ0) is 15.1. The first-order chi connectivity index (χ1) is 10.2. The van der Waals surface area contributed by atoms with Crippen LogP contribution < -0.4 is 5.32 Å². The van der Waals surface area contributed by atoms with Gasteiger partial charge in [0, 0.05) is 18.4 Å². The molecule has 1 saturated carbocycles. The van der Waals surface area contributed by atoms with Gasteiger partial charge in [-0.05, 0) is 30.9 Å². The summed E-state index contributed by atoms with van der Waals surface area (Å²) in [5.74, 6) is -0.332. The maximum absolute atomic E-state index is 13.5. The topological polar surface area (TPSA) is 49.3 Å². The molecule has 1 aliphatic carbocycles. The second-order valence-corrected chi connectivity index (χ2v) is 6.09. The van der Waals surface area contributed by atoms with Crippen LogP contribution in [0.4, 0.5) is 4.39 Å². The minimum atomic E-state index is -0.260. The number of aliphatic hydroxyl groups excluding tert-OH is 1. The molecule has 1 aliphatic rings. The van der Waals surface area contributed by atoms with Crippen LogP contribution in [0.3, 0.4) is 0 Å². The quantitative estimate of drug-likeness (QED) is 0.847. The maximum Gasteiger partial charge on any atom is 0.220 e. The molecule has 0 heterocycles. The third-order valence-electron chi connectivity index (χ3n) is 4.49. The number of aryl methyl sites for hydroxylation is 1. The lowest BCUT2D eigenvalue weighted by atomic mass is 9.74. The molecule has 2 N–H and O–H groups in total. The Morgan fingerprint density at radius 1 is 1.24 bits per heavy atom. The summed E-state index contributed by atoms with van der Waals surface area (Å²) in [5, 5.41) is 12.5. The normalized spacial score (nSPS) is 17.4. The van der Waals surface area contributed by atoms with E-state index in [0.717, 1.165) is 25.7 Å². The van der Waals surface area contributed by atoms with E-state index in [1.807, 2.05) is 0 Å². The minimum absolute atomic E-state index is 0.0725. The predicted octanol–water partition coefficient (Wildman–Crippen LogP) is 2.82. The fourth-order valence-corrected chi connectivity index (χ4v) is 3.02. The van der Waals surface area contributed by atoms with Crippen molar-refractivity contribution in [1.29, 1.82) is 0 Å². The van der Waals surface area contributed by atoms with E-state index in [1.165, 1.54) is 12.5 Å². The molecule has 1 aromatic rings. The van der Waals surface area contributed by atoms with Crippen molar-refractivity contribution in [1.82, 2.24) is 5.32 Å². The van der Waals surface area contributed by atoms with Gasteiger partial charge in [0.1, 0.15) is 5.82 Å². The van der Waals surface area contributed by atoms with E-state index in [-0.39, 0.29) is 30.2 Å². The van der Waals surface area contributed by atoms with Gasteiger partial charge in [-0.2, -0.15) is 0 Å². The third-order valence-corrected chi connectivity index (χ3v) is 4.49. The van der Waals surface area contributed by atoms with Crippen LogP contribution in [0.15, 0.2) is 24.3 Å². The van der Waals surface area contributed by atoms with Crippen LogP contribution in [0.1, 0.15) is 44.1 Å². The summed E-state index contributed by atoms with van der Waals surface area (Å²) in [7, 11) is 0. The lowest BCUT2D eigenvalue weighted by Gasteiger charge is -2.35. The van der Waals surface area contributed by atoms with Crippen molar-refractivity contribution in [2.24, 2.45) is 5.41 Å². The highest BCUT2D eigenvalue weighted by molar-refractivity contribution is 5.76. The van der Waals surface area contributed by atoms with Crippen LogP contribution in [0.25, 0.3) is 0 Å². The zero-order valence-electron chi connectivity index (χ0n) is 12.4. The Balaban J connectivity index is 1.78. The summed E-state index contributed by atoms with van der Waals surface area (Å²) in [5.41, 5.74) is 0.425. The van der Waals surface area contributed by atoms with E-state index in [4.69, 9.17) is 0 Å². The Morgan fingerprint density at radius 3 is 2.62 bits per heavy atom. The molecule has 116 valence electrons. The van der Waals surface area contributed by atoms with E-state index < -0.39 is 0 Å². The van der Waals surface area contributed by atoms with Gasteiger partial charge in [-0.3, -0.25) is 4.79 Å². The summed E-state index contributed by atoms with van der Waals surface area (Å²) in [6.07, 6.45) is 6.07. The first kappa shape index (κ1) is 16.0. The summed E-state index contributed by atoms with van der Waals surface area (Å²) < 4.78 is 13.5. The molecule has 1 amide bonds. The molecule has 0 spiro atoms. The predicted molar refractivity (Wildman–Crippen MR) is 80.3 cm³/mol. The molecule has 0 aromatic heterocycles. The Kier molecular flexibility index (Phi) is 5.74. The van der Waals surface area contributed by atoms with Crippen molar-refractivity contribution < 1.29 is 14.3 Å². The van der Waals surface area contributed by atoms with Crippen molar-refractivity contribution in [3.05, 3.63) is 35.6 Å². The van der Waals surface area contributed by atoms with Crippen molar-refractivity contribution in [3.63, 3.8) is 0 Å². The van der Waals surface area contributed by atoms with Crippen LogP contribution in [0.2, 0.25) is 0 Å². The number of hydrogen-bond acceptors (Lipinski definition) is 2. The zero-order valence-corrected chi connectivity index (χ0v) is 12.4. The number of rotatable bonds is 6. The molecule has 3 nitrogen and oxygen atoms in total. The summed E-state index contributed by atoms with van der Waals surface area (Å²) in [6.45, 7) is 0.653. The number of nitrogens with one attached hydrogen (secondary N) is 1. The van der Waals surface area contributed by atoms with Gasteiger partial charge >= 0.3 is 0 Å². The fourth-order valence-electron chi connectivity index (χ4n) is 3.02. The van der Waals surface area contributed by atoms with E-state index >= 15 is 0 Å². The second kappa shape index (κ2) is 7.55. The summed E-state index contributed by atoms with van der Waals surface area (Å²) in [6, 6.07) is 6.54. The Morgan fingerprint density at radius 2 is 1.95 bits per heavy atom. The molecular formula is C17H24FNO2. The standard InChI is InChI=1S/C17H24FNO2/c18-15-7-3-2-6-14(15)8-9-16(21)19-12-17(13-20)10-4-1-5-11-17/h2-3,6-7,20H,1,4-5,8-13H2,(H,19,21). The highest BCUT2D eigenvalue weighted by Gasteiger charge is 2.31. The van der Waals surface area contributed by atoms with E-state index in [9.17, 15) is 14.3 Å². The van der Waals surface area contributed by atoms with Gasteiger partial charge in [-0.1, -0.05) is 37.5 Å². The molecule has 1 aromatic carbocycles. The van der Waals surface area contributed by atoms with Crippen LogP contribution in [-0.4, -0.2) is 24.2 Å². The largest absolute Gasteiger partial charge is 0.396 e. The Bertz CT molecular complexity index is 470. The Hall–Kier alpha value is -1.42. The average molecular weight is 293 g/mol. The number of carbonyl (C=O) groups excluding carboxylic acids is 1. The van der Waals surface area contributed by atoms with Gasteiger partial charge in [0.2, 0.25) is 5.91 Å². The van der Waals surface area contributed by atoms with Gasteiger partial charge in [0.05, 0.1) is 6.61 Å². The highest BCUT2D eigenvalue weighted by atomic mass is 19.1. The number of aliphatic hydroxyl groups is 1. The van der Waals surface area contributed by atoms with E-state index in [0.29, 0.717) is 18.5 Å². The number of carbonyl (C=O) groups is 1. The van der Waals surface area contributed by atoms with Gasteiger partial charge < -0.3 is 10.4 Å². The first-order valence-corrected chi connectivity index (χ1v) is 7.76. The number of amides is 1. The molecular weight excluding hydrogens is 269 g/mol. The highest BCUT2D eigenvalue weighted by Crippen LogP contribution is 2.35. The van der Waals surface area contributed by atoms with Crippen LogP contribution in [-0.2, 0) is 11.2 Å². The summed E-state index contributed by atoms with van der Waals surface area (Å²) in [4.78, 5) is 11.9. The molecule has 1 fully saturated rings. The van der Waals surface area contributed by atoms with Gasteiger partial charge in [-0.25, -0.2) is 4.39 Å². The van der Waals surface area contributed by atoms with E-state index in [1.54, 1.807) is 18.2 Å². The number of hydrogen-bond donors (Lipinski definition) is 2. The molecule has 0 saturated heterocycles. The molecule has 21 heavy (non-hydrogen) atoms. The molecule has 0 radical (unpaired) electrons. The first-order valence-electron chi connectivity index (χ1n) is 7.76. The number of halogens is 1. The van der Waals surface area contributed by atoms with Crippen LogP contribution >= 0.6 is 0 Å². The van der Waals surface area contributed by atoms with E-state index in [2.05, 4.69) is 5.32 Å². The SMILES string of the molecule is O=C(CCc1ccccc1F)NCC1(CO)CCCCC1. The molecule has 4 heteroatoms. The van der Waals surface area contributed by atoms with Crippen molar-refractivity contribution >= 4 is 5.91 Å². The lowest BCUT2D eigenvalue weighted by Crippen LogP contribution is -2.41. The lowest BCUT2D eigenvalue weighted by molar-refractivity contribution is -0.121. The maximum atomic E-state index is 13.5. The second-order valence-electron chi connectivity index (χ2n) is 6.09. The van der Waals surface area contributed by atoms with Crippen LogP contribution in [0.5, 0.6) is 0 Å². The molecule has 0 atom stereocenters. The minimum Gasteiger partial charge on any atom is -0.396 e. The molecule has 0 bridgehead atoms. The number of benzene rings is 1. The molecule has 0 unspecified atom stereocenters. The smallest absolute Gasteiger partial charge is 0.220 e. The van der Waals surface area contributed by atoms with Gasteiger partial charge in [0.15, 0.2) is 0 Å².